The molecule has 2 aliphatic rings. The van der Waals surface area contributed by atoms with Crippen molar-refractivity contribution in [2.24, 2.45) is 11.8 Å². The Hall–Kier alpha value is -0.210. The van der Waals surface area contributed by atoms with Crippen molar-refractivity contribution < 1.29 is 0 Å². The summed E-state index contributed by atoms with van der Waals surface area (Å²) in [4.78, 5) is 0. The smallest absolute Gasteiger partial charge is 0.116 e. The summed E-state index contributed by atoms with van der Waals surface area (Å²) >= 11 is 7.59. The van der Waals surface area contributed by atoms with E-state index in [1.54, 1.807) is 11.3 Å². The number of rotatable bonds is 1. The van der Waals surface area contributed by atoms with Crippen molar-refractivity contribution in [3.05, 3.63) is 15.3 Å². The summed E-state index contributed by atoms with van der Waals surface area (Å²) in [6, 6.07) is 0. The first-order chi connectivity index (χ1) is 6.75. The molecule has 1 aromatic heterocycles. The van der Waals surface area contributed by atoms with Crippen LogP contribution in [-0.4, -0.2) is 0 Å². The van der Waals surface area contributed by atoms with Crippen LogP contribution in [0.3, 0.4) is 0 Å². The number of nitrogens with two attached hydrogens (primary N) is 1. The molecule has 1 aromatic rings. The molecule has 3 unspecified atom stereocenters. The van der Waals surface area contributed by atoms with Gasteiger partial charge in [-0.2, -0.15) is 0 Å². The molecular formula is C11H14ClNS. The van der Waals surface area contributed by atoms with E-state index in [-0.39, 0.29) is 0 Å². The normalized spacial score (nSPS) is 35.4. The quantitative estimate of drug-likeness (QED) is 0.774. The first-order valence-electron chi connectivity index (χ1n) is 5.28. The van der Waals surface area contributed by atoms with Gasteiger partial charge in [0.2, 0.25) is 0 Å². The zero-order valence-electron chi connectivity index (χ0n) is 8.00. The maximum absolute atomic E-state index is 6.00. The van der Waals surface area contributed by atoms with Crippen LogP contribution in [0, 0.1) is 11.8 Å². The molecule has 2 bridgehead atoms. The van der Waals surface area contributed by atoms with Gasteiger partial charge in [0.15, 0.2) is 0 Å². The van der Waals surface area contributed by atoms with Crippen LogP contribution in [-0.2, 0) is 0 Å². The molecule has 2 saturated carbocycles. The third-order valence-electron chi connectivity index (χ3n) is 3.95. The number of nitrogen functional groups attached to an aromatic ring is 1. The maximum Gasteiger partial charge on any atom is 0.116 e. The second-order valence-electron chi connectivity index (χ2n) is 4.66. The van der Waals surface area contributed by atoms with E-state index in [2.05, 4.69) is 5.38 Å². The van der Waals surface area contributed by atoms with Gasteiger partial charge in [-0.25, -0.2) is 0 Å². The van der Waals surface area contributed by atoms with Crippen LogP contribution in [0.15, 0.2) is 5.38 Å². The molecule has 76 valence electrons. The van der Waals surface area contributed by atoms with E-state index in [1.807, 2.05) is 0 Å². The summed E-state index contributed by atoms with van der Waals surface area (Å²) in [6.45, 7) is 0. The van der Waals surface area contributed by atoms with E-state index in [0.717, 1.165) is 27.8 Å². The lowest BCUT2D eigenvalue weighted by Crippen LogP contribution is -2.09. The van der Waals surface area contributed by atoms with Crippen molar-refractivity contribution >= 4 is 28.6 Å². The monoisotopic (exact) mass is 227 g/mol. The lowest BCUT2D eigenvalue weighted by molar-refractivity contribution is 0.421. The third kappa shape index (κ3) is 1.20. The minimum absolute atomic E-state index is 0.720. The fourth-order valence-corrected chi connectivity index (χ4v) is 4.29. The van der Waals surface area contributed by atoms with Gasteiger partial charge in [0.1, 0.15) is 4.34 Å². The van der Waals surface area contributed by atoms with E-state index in [0.29, 0.717) is 0 Å². The molecule has 3 atom stereocenters. The molecule has 0 radical (unpaired) electrons. The zero-order chi connectivity index (χ0) is 9.71. The number of hydrogen-bond acceptors (Lipinski definition) is 2. The minimum atomic E-state index is 0.720. The first kappa shape index (κ1) is 9.05. The van der Waals surface area contributed by atoms with Crippen molar-refractivity contribution in [2.75, 3.05) is 5.73 Å². The van der Waals surface area contributed by atoms with Crippen LogP contribution in [0.2, 0.25) is 4.34 Å². The minimum Gasteiger partial charge on any atom is -0.397 e. The van der Waals surface area contributed by atoms with Crippen LogP contribution >= 0.6 is 22.9 Å². The Bertz CT molecular complexity index is 360. The Balaban J connectivity index is 1.93. The lowest BCUT2D eigenvalue weighted by Gasteiger charge is -2.21. The van der Waals surface area contributed by atoms with Gasteiger partial charge in [0.25, 0.3) is 0 Å². The van der Waals surface area contributed by atoms with Crippen LogP contribution in [0.4, 0.5) is 5.69 Å². The van der Waals surface area contributed by atoms with E-state index >= 15 is 0 Å². The van der Waals surface area contributed by atoms with Gasteiger partial charge in [-0.15, -0.1) is 11.3 Å². The average Bonchev–Trinajstić information content (AvgIpc) is 2.84. The van der Waals surface area contributed by atoms with Crippen molar-refractivity contribution in [3.8, 4) is 0 Å². The molecule has 14 heavy (non-hydrogen) atoms. The first-order valence-corrected chi connectivity index (χ1v) is 6.54. The van der Waals surface area contributed by atoms with Gasteiger partial charge in [-0.05, 0) is 48.0 Å². The van der Waals surface area contributed by atoms with Crippen molar-refractivity contribution in [1.29, 1.82) is 0 Å². The molecule has 0 saturated heterocycles. The van der Waals surface area contributed by atoms with Gasteiger partial charge >= 0.3 is 0 Å². The molecule has 3 heteroatoms. The summed E-state index contributed by atoms with van der Waals surface area (Å²) in [5.41, 5.74) is 8.19. The maximum atomic E-state index is 6.00. The van der Waals surface area contributed by atoms with Gasteiger partial charge in [-0.1, -0.05) is 18.0 Å². The Morgan fingerprint density at radius 1 is 1.36 bits per heavy atom. The fourth-order valence-electron chi connectivity index (χ4n) is 3.27. The van der Waals surface area contributed by atoms with Crippen molar-refractivity contribution in [3.63, 3.8) is 0 Å². The van der Waals surface area contributed by atoms with E-state index < -0.39 is 0 Å². The summed E-state index contributed by atoms with van der Waals surface area (Å²) in [6.07, 6.45) is 5.63. The standard InChI is InChI=1S/C11H14ClNS/c12-11-10(13)9(5-14-11)8-4-6-1-2-7(8)3-6/h5-8H,1-4,13H2. The van der Waals surface area contributed by atoms with Crippen molar-refractivity contribution in [1.82, 2.24) is 0 Å². The summed E-state index contributed by atoms with van der Waals surface area (Å²) in [5.74, 6) is 2.59. The largest absolute Gasteiger partial charge is 0.397 e. The van der Waals surface area contributed by atoms with Crippen LogP contribution < -0.4 is 5.73 Å². The molecular weight excluding hydrogens is 214 g/mol. The molecule has 1 heterocycles. The van der Waals surface area contributed by atoms with Crippen LogP contribution in [0.25, 0.3) is 0 Å². The molecule has 2 N–H and O–H groups in total. The van der Waals surface area contributed by atoms with E-state index in [1.165, 1.54) is 31.2 Å². The summed E-state index contributed by atoms with van der Waals surface area (Å²) < 4.78 is 0.780. The van der Waals surface area contributed by atoms with Gasteiger partial charge < -0.3 is 5.73 Å². The molecule has 3 rings (SSSR count). The van der Waals surface area contributed by atoms with E-state index in [4.69, 9.17) is 17.3 Å². The van der Waals surface area contributed by atoms with Crippen LogP contribution in [0.5, 0.6) is 0 Å². The number of fused-ring (bicyclic) bond motifs is 2. The molecule has 0 aliphatic heterocycles. The van der Waals surface area contributed by atoms with Crippen LogP contribution in [0.1, 0.15) is 37.2 Å². The topological polar surface area (TPSA) is 26.0 Å². The molecule has 2 aliphatic carbocycles. The van der Waals surface area contributed by atoms with Crippen molar-refractivity contribution in [2.45, 2.75) is 31.6 Å². The molecule has 1 nitrogen and oxygen atoms in total. The highest BCUT2D eigenvalue weighted by Crippen LogP contribution is 2.55. The second-order valence-corrected chi connectivity index (χ2v) is 6.14. The number of halogens is 1. The second kappa shape index (κ2) is 3.14. The average molecular weight is 228 g/mol. The van der Waals surface area contributed by atoms with Gasteiger partial charge in [0, 0.05) is 0 Å². The lowest BCUT2D eigenvalue weighted by atomic mass is 9.84. The fraction of sp³-hybridized carbons (Fsp3) is 0.636. The molecule has 2 fully saturated rings. The number of thiophene rings is 1. The highest BCUT2D eigenvalue weighted by atomic mass is 35.5. The Labute approximate surface area is 93.3 Å². The SMILES string of the molecule is Nc1c(C2CC3CCC2C3)csc1Cl. The Morgan fingerprint density at radius 2 is 2.21 bits per heavy atom. The summed E-state index contributed by atoms with van der Waals surface area (Å²) in [7, 11) is 0. The molecule has 0 spiro atoms. The number of hydrogen-bond donors (Lipinski definition) is 1. The highest BCUT2D eigenvalue weighted by Gasteiger charge is 2.41. The highest BCUT2D eigenvalue weighted by molar-refractivity contribution is 7.15. The Morgan fingerprint density at radius 3 is 2.71 bits per heavy atom. The predicted molar refractivity (Wildman–Crippen MR) is 61.9 cm³/mol. The van der Waals surface area contributed by atoms with E-state index in [9.17, 15) is 0 Å². The number of anilines is 1. The van der Waals surface area contributed by atoms with Gasteiger partial charge in [0.05, 0.1) is 5.69 Å². The zero-order valence-corrected chi connectivity index (χ0v) is 9.57. The Kier molecular flexibility index (Phi) is 2.03. The summed E-state index contributed by atoms with van der Waals surface area (Å²) in [5, 5.41) is 2.17. The van der Waals surface area contributed by atoms with Gasteiger partial charge in [-0.3, -0.25) is 0 Å². The third-order valence-corrected chi connectivity index (χ3v) is 5.22. The molecule has 0 amide bonds. The molecule has 0 aromatic carbocycles. The predicted octanol–water partition coefficient (Wildman–Crippen LogP) is 3.89.